The second-order valence-electron chi connectivity index (χ2n) is 6.06. The van der Waals surface area contributed by atoms with Crippen LogP contribution in [-0.4, -0.2) is 29.7 Å². The van der Waals surface area contributed by atoms with Crippen LogP contribution in [-0.2, 0) is 4.79 Å². The van der Waals surface area contributed by atoms with Gasteiger partial charge in [0, 0.05) is 10.6 Å². The number of nitrogens with zero attached hydrogens (tertiary/aromatic N) is 1. The van der Waals surface area contributed by atoms with Gasteiger partial charge in [-0.3, -0.25) is 14.9 Å². The minimum absolute atomic E-state index is 0.0573. The molecule has 1 saturated heterocycles. The highest BCUT2D eigenvalue weighted by Gasteiger charge is 2.69. The van der Waals surface area contributed by atoms with Gasteiger partial charge in [-0.05, 0) is 42.8 Å². The van der Waals surface area contributed by atoms with Crippen molar-refractivity contribution >= 4 is 35.1 Å². The monoisotopic (exact) mass is 411 g/mol. The molecule has 2 N–H and O–H groups in total. The molecule has 0 aliphatic carbocycles. The minimum atomic E-state index is -5.29. The van der Waals surface area contributed by atoms with E-state index in [9.17, 15) is 27.6 Å². The van der Waals surface area contributed by atoms with Crippen molar-refractivity contribution in [2.24, 2.45) is 0 Å². The first-order valence-electron chi connectivity index (χ1n) is 7.94. The maximum Gasteiger partial charge on any atom is 0.440 e. The summed E-state index contributed by atoms with van der Waals surface area (Å²) in [5.41, 5.74) is -3.37. The quantitative estimate of drug-likeness (QED) is 0.760. The molecular formula is C18H13ClF3N3O3. The van der Waals surface area contributed by atoms with Crippen LogP contribution in [0.4, 0.5) is 23.7 Å². The Morgan fingerprint density at radius 1 is 1.11 bits per heavy atom. The Kier molecular flexibility index (Phi) is 4.80. The summed E-state index contributed by atoms with van der Waals surface area (Å²) < 4.78 is 41.6. The van der Waals surface area contributed by atoms with Crippen molar-refractivity contribution in [1.29, 1.82) is 0 Å². The summed E-state index contributed by atoms with van der Waals surface area (Å²) in [4.78, 5) is 37.7. The molecule has 0 saturated carbocycles. The lowest BCUT2D eigenvalue weighted by atomic mass is 10.1. The van der Waals surface area contributed by atoms with Crippen LogP contribution in [0, 0.1) is 6.92 Å². The van der Waals surface area contributed by atoms with Crippen LogP contribution in [0.2, 0.25) is 5.02 Å². The van der Waals surface area contributed by atoms with Gasteiger partial charge < -0.3 is 5.32 Å². The summed E-state index contributed by atoms with van der Waals surface area (Å²) in [6.07, 6.45) is -5.29. The number of carbonyl (C=O) groups is 3. The highest BCUT2D eigenvalue weighted by molar-refractivity contribution is 6.31. The summed E-state index contributed by atoms with van der Waals surface area (Å²) in [5, 5.41) is 3.52. The summed E-state index contributed by atoms with van der Waals surface area (Å²) in [7, 11) is 0. The molecule has 1 aliphatic heterocycles. The fourth-order valence-corrected chi connectivity index (χ4v) is 2.89. The molecule has 1 aliphatic rings. The summed E-state index contributed by atoms with van der Waals surface area (Å²) in [6.45, 7) is 1.53. The molecule has 1 fully saturated rings. The minimum Gasteiger partial charge on any atom is -0.314 e. The smallest absolute Gasteiger partial charge is 0.314 e. The van der Waals surface area contributed by atoms with Gasteiger partial charge in [-0.2, -0.15) is 13.2 Å². The average molecular weight is 412 g/mol. The number of halogens is 4. The molecule has 146 valence electrons. The molecule has 6 nitrogen and oxygen atoms in total. The third-order valence-electron chi connectivity index (χ3n) is 4.22. The second kappa shape index (κ2) is 6.83. The first kappa shape index (κ1) is 19.7. The highest BCUT2D eigenvalue weighted by atomic mass is 35.5. The second-order valence-corrected chi connectivity index (χ2v) is 6.50. The Morgan fingerprint density at radius 3 is 2.29 bits per heavy atom. The van der Waals surface area contributed by atoms with Crippen LogP contribution in [0.3, 0.4) is 0 Å². The van der Waals surface area contributed by atoms with Crippen molar-refractivity contribution in [3.8, 4) is 0 Å². The molecule has 4 amide bonds. The van der Waals surface area contributed by atoms with E-state index in [0.29, 0.717) is 10.5 Å². The molecule has 1 heterocycles. The number of amides is 4. The van der Waals surface area contributed by atoms with Crippen molar-refractivity contribution in [2.75, 3.05) is 4.90 Å². The van der Waals surface area contributed by atoms with Gasteiger partial charge in [0.1, 0.15) is 0 Å². The number of urea groups is 1. The summed E-state index contributed by atoms with van der Waals surface area (Å²) >= 11 is 5.73. The Hall–Kier alpha value is -3.07. The van der Waals surface area contributed by atoms with Crippen molar-refractivity contribution in [2.45, 2.75) is 18.8 Å². The molecule has 0 spiro atoms. The third-order valence-corrected chi connectivity index (χ3v) is 4.47. The van der Waals surface area contributed by atoms with Crippen LogP contribution in [0.5, 0.6) is 0 Å². The lowest BCUT2D eigenvalue weighted by Gasteiger charge is -2.30. The molecule has 0 aromatic heterocycles. The average Bonchev–Trinajstić information content (AvgIpc) is 2.87. The van der Waals surface area contributed by atoms with E-state index in [1.807, 2.05) is 0 Å². The van der Waals surface area contributed by atoms with E-state index in [1.54, 1.807) is 16.7 Å². The SMILES string of the molecule is Cc1ccccc1C(=O)NC1(C(F)(F)F)NC(=O)N(c2ccc(Cl)cc2)C1=O. The Balaban J connectivity index is 2.02. The van der Waals surface area contributed by atoms with Crippen LogP contribution in [0.15, 0.2) is 48.5 Å². The maximum absolute atomic E-state index is 13.9. The summed E-state index contributed by atoms with van der Waals surface area (Å²) in [6, 6.07) is 9.67. The van der Waals surface area contributed by atoms with E-state index in [1.165, 1.54) is 49.4 Å². The first-order valence-corrected chi connectivity index (χ1v) is 8.32. The Bertz CT molecular complexity index is 963. The number of hydrogen-bond acceptors (Lipinski definition) is 3. The van der Waals surface area contributed by atoms with Gasteiger partial charge in [0.15, 0.2) is 0 Å². The number of aryl methyl sites for hydroxylation is 1. The van der Waals surface area contributed by atoms with Crippen molar-refractivity contribution < 1.29 is 27.6 Å². The van der Waals surface area contributed by atoms with E-state index >= 15 is 0 Å². The lowest BCUT2D eigenvalue weighted by molar-refractivity contribution is -0.197. The first-order chi connectivity index (χ1) is 13.1. The van der Waals surface area contributed by atoms with E-state index in [-0.39, 0.29) is 16.3 Å². The fraction of sp³-hybridized carbons (Fsp3) is 0.167. The van der Waals surface area contributed by atoms with Crippen LogP contribution in [0.1, 0.15) is 15.9 Å². The van der Waals surface area contributed by atoms with Gasteiger partial charge in [-0.1, -0.05) is 29.8 Å². The lowest BCUT2D eigenvalue weighted by Crippen LogP contribution is -2.69. The summed E-state index contributed by atoms with van der Waals surface area (Å²) in [5.74, 6) is -2.82. The molecule has 1 unspecified atom stereocenters. The molecule has 0 bridgehead atoms. The number of anilines is 1. The number of nitrogens with one attached hydrogen (secondary N) is 2. The van der Waals surface area contributed by atoms with E-state index in [0.717, 1.165) is 0 Å². The van der Waals surface area contributed by atoms with E-state index in [2.05, 4.69) is 0 Å². The normalized spacial score (nSPS) is 19.5. The van der Waals surface area contributed by atoms with E-state index < -0.39 is 29.7 Å². The number of imide groups is 1. The molecular weight excluding hydrogens is 399 g/mol. The largest absolute Gasteiger partial charge is 0.440 e. The predicted molar refractivity (Wildman–Crippen MR) is 94.9 cm³/mol. The number of alkyl halides is 3. The molecule has 10 heteroatoms. The molecule has 1 atom stereocenters. The number of benzene rings is 2. The standard InChI is InChI=1S/C18H13ClF3N3O3/c1-10-4-2-3-5-13(10)14(26)23-17(18(20,21)22)15(27)25(16(28)24-17)12-8-6-11(19)7-9-12/h2-9H,1H3,(H,23,26)(H,24,28). The molecule has 2 aromatic rings. The van der Waals surface area contributed by atoms with Crippen molar-refractivity contribution in [1.82, 2.24) is 10.6 Å². The zero-order valence-electron chi connectivity index (χ0n) is 14.3. The molecule has 2 aromatic carbocycles. The number of rotatable bonds is 3. The van der Waals surface area contributed by atoms with Crippen molar-refractivity contribution in [3.63, 3.8) is 0 Å². The predicted octanol–water partition coefficient (Wildman–Crippen LogP) is 3.39. The third kappa shape index (κ3) is 3.18. The van der Waals surface area contributed by atoms with Crippen LogP contribution >= 0.6 is 11.6 Å². The zero-order chi connectivity index (χ0) is 20.7. The molecule has 3 rings (SSSR count). The van der Waals surface area contributed by atoms with Crippen LogP contribution in [0.25, 0.3) is 0 Å². The van der Waals surface area contributed by atoms with Gasteiger partial charge >= 0.3 is 12.2 Å². The van der Waals surface area contributed by atoms with Gasteiger partial charge in [0.2, 0.25) is 0 Å². The fourth-order valence-electron chi connectivity index (χ4n) is 2.77. The van der Waals surface area contributed by atoms with Gasteiger partial charge in [-0.25, -0.2) is 9.69 Å². The zero-order valence-corrected chi connectivity index (χ0v) is 15.1. The Labute approximate surface area is 162 Å². The highest BCUT2D eigenvalue weighted by Crippen LogP contribution is 2.36. The molecule has 0 radical (unpaired) electrons. The van der Waals surface area contributed by atoms with Crippen molar-refractivity contribution in [3.05, 3.63) is 64.7 Å². The number of carbonyl (C=O) groups excluding carboxylic acids is 3. The van der Waals surface area contributed by atoms with Gasteiger partial charge in [0.05, 0.1) is 5.69 Å². The topological polar surface area (TPSA) is 78.5 Å². The number of hydrogen-bond donors (Lipinski definition) is 2. The van der Waals surface area contributed by atoms with Gasteiger partial charge in [0.25, 0.3) is 17.5 Å². The maximum atomic E-state index is 13.9. The van der Waals surface area contributed by atoms with Gasteiger partial charge in [-0.15, -0.1) is 0 Å². The van der Waals surface area contributed by atoms with E-state index in [4.69, 9.17) is 11.6 Å². The molecule has 28 heavy (non-hydrogen) atoms. The van der Waals surface area contributed by atoms with Crippen LogP contribution < -0.4 is 15.5 Å². The Morgan fingerprint density at radius 2 is 1.71 bits per heavy atom.